The lowest BCUT2D eigenvalue weighted by Gasteiger charge is -2.32. The number of hydrogen-bond donors (Lipinski definition) is 4. The second-order valence-corrected chi connectivity index (χ2v) is 17.1. The van der Waals surface area contributed by atoms with Gasteiger partial charge in [0.15, 0.2) is 11.6 Å². The molecule has 0 saturated carbocycles. The summed E-state index contributed by atoms with van der Waals surface area (Å²) in [5.74, 6) is 1.72. The average molecular weight is 911 g/mol. The third-order valence-corrected chi connectivity index (χ3v) is 12.1. The first-order valence-electron chi connectivity index (χ1n) is 22.8. The summed E-state index contributed by atoms with van der Waals surface area (Å²) in [4.78, 5) is 29.9. The SMILES string of the molecule is CCc1cc(NC(=O)NC[C@@H]2CCCN(CCc3ccc(F)cc3)C2)cc(-c2nnnn2C)c1.Cn1nnnc1-c1cccc(NC(=O)NC[C@@H]2CCCN(CCc3ccc(F)cc3)C2)c1.[HH].[HH].[HH].[HH]. The Hall–Kier alpha value is -6.66. The highest BCUT2D eigenvalue weighted by Crippen LogP contribution is 2.24. The van der Waals surface area contributed by atoms with Crippen molar-refractivity contribution in [3.8, 4) is 22.8 Å². The van der Waals surface area contributed by atoms with E-state index in [1.54, 1.807) is 23.5 Å². The molecule has 4 amide bonds. The van der Waals surface area contributed by atoms with Gasteiger partial charge in [-0.25, -0.2) is 27.7 Å². The topological polar surface area (TPSA) is 176 Å². The van der Waals surface area contributed by atoms with Crippen LogP contribution in [0.3, 0.4) is 0 Å². The molecule has 0 bridgehead atoms. The van der Waals surface area contributed by atoms with Crippen molar-refractivity contribution >= 4 is 23.4 Å². The van der Waals surface area contributed by atoms with Gasteiger partial charge in [0, 0.05) is 81.6 Å². The summed E-state index contributed by atoms with van der Waals surface area (Å²) in [5.41, 5.74) is 6.50. The van der Waals surface area contributed by atoms with Crippen molar-refractivity contribution in [2.24, 2.45) is 25.9 Å². The highest BCUT2D eigenvalue weighted by Gasteiger charge is 2.22. The van der Waals surface area contributed by atoms with Crippen LogP contribution in [0.25, 0.3) is 22.8 Å². The molecule has 4 N–H and O–H groups in total. The molecule has 0 spiro atoms. The number of likely N-dealkylation sites (tertiary alicyclic amines) is 2. The predicted molar refractivity (Wildman–Crippen MR) is 259 cm³/mol. The maximum Gasteiger partial charge on any atom is 0.319 e. The van der Waals surface area contributed by atoms with Crippen molar-refractivity contribution in [2.45, 2.75) is 51.9 Å². The van der Waals surface area contributed by atoms with E-state index in [1.807, 2.05) is 66.7 Å². The summed E-state index contributed by atoms with van der Waals surface area (Å²) in [6, 6.07) is 26.4. The first-order valence-corrected chi connectivity index (χ1v) is 22.8. The van der Waals surface area contributed by atoms with Crippen LogP contribution in [-0.2, 0) is 33.4 Å². The second kappa shape index (κ2) is 23.5. The fourth-order valence-electron chi connectivity index (χ4n) is 8.52. The highest BCUT2D eigenvalue weighted by molar-refractivity contribution is 5.90. The van der Waals surface area contributed by atoms with Gasteiger partial charge in [-0.2, -0.15) is 0 Å². The smallest absolute Gasteiger partial charge is 0.319 e. The summed E-state index contributed by atoms with van der Waals surface area (Å²) in [6.45, 7) is 9.25. The molecule has 356 valence electrons. The molecule has 8 rings (SSSR count). The Labute approximate surface area is 390 Å². The molecule has 0 radical (unpaired) electrons. The number of carbonyl (C=O) groups excluding carboxylic acids is 2. The number of rotatable bonds is 15. The number of nitrogens with zero attached hydrogens (tertiary/aromatic N) is 10. The molecule has 16 nitrogen and oxygen atoms in total. The van der Waals surface area contributed by atoms with Crippen LogP contribution in [0.5, 0.6) is 0 Å². The van der Waals surface area contributed by atoms with Gasteiger partial charge in [-0.15, -0.1) is 10.2 Å². The van der Waals surface area contributed by atoms with Crippen LogP contribution in [0, 0.1) is 23.5 Å². The van der Waals surface area contributed by atoms with Gasteiger partial charge in [0.05, 0.1) is 0 Å². The lowest BCUT2D eigenvalue weighted by atomic mass is 9.97. The van der Waals surface area contributed by atoms with E-state index >= 15 is 0 Å². The second-order valence-electron chi connectivity index (χ2n) is 17.1. The Kier molecular flexibility index (Phi) is 16.8. The zero-order valence-electron chi connectivity index (χ0n) is 38.0. The molecule has 2 atom stereocenters. The summed E-state index contributed by atoms with van der Waals surface area (Å²) < 4.78 is 29.4. The Bertz CT molecular complexity index is 2500. The normalized spacial score (nSPS) is 16.5. The number of hydrogen-bond acceptors (Lipinski definition) is 10. The van der Waals surface area contributed by atoms with E-state index in [-0.39, 0.29) is 29.4 Å². The van der Waals surface area contributed by atoms with Crippen LogP contribution in [-0.4, -0.2) is 115 Å². The standard InChI is InChI=1S/C25H32FN7O.C23H28FN7O.4H2/c1-3-18-13-21(24-29-30-31-32(24)2)15-23(14-18)28-25(34)27-16-20-5-4-11-33(17-20)12-10-19-6-8-22(26)9-7-19;1-30-22(27-28-29-30)19-5-2-6-21(14-19)26-23(32)25-15-18-4-3-12-31(16-18)13-11-17-7-9-20(24)10-8-17;;;;/h6-9,13-15,20H,3-5,10-12,16-17H2,1-2H3,(H2,27,28,34);2,5-10,14,18H,3-4,11-13,15-16H2,1H3,(H2,25,26,32);4*1H/t20-;18-;;;;/m00..../s1. The van der Waals surface area contributed by atoms with E-state index in [9.17, 15) is 18.4 Å². The Morgan fingerprint density at radius 1 is 0.636 bits per heavy atom. The summed E-state index contributed by atoms with van der Waals surface area (Å²) in [6.07, 6.45) is 7.07. The van der Waals surface area contributed by atoms with Gasteiger partial charge in [0.25, 0.3) is 0 Å². The quantitative estimate of drug-likeness (QED) is 0.0798. The molecule has 4 aromatic carbocycles. The third kappa shape index (κ3) is 14.2. The minimum atomic E-state index is -0.221. The molecule has 18 heteroatoms. The Morgan fingerprint density at radius 2 is 1.14 bits per heavy atom. The van der Waals surface area contributed by atoms with Gasteiger partial charge in [0.1, 0.15) is 11.6 Å². The molecular formula is C48H68F2N14O2. The van der Waals surface area contributed by atoms with Gasteiger partial charge < -0.3 is 31.1 Å². The molecule has 2 saturated heterocycles. The monoisotopic (exact) mass is 911 g/mol. The number of anilines is 2. The van der Waals surface area contributed by atoms with E-state index in [2.05, 4.69) is 69.0 Å². The highest BCUT2D eigenvalue weighted by atomic mass is 19.1. The van der Waals surface area contributed by atoms with Gasteiger partial charge in [-0.05, 0) is 162 Å². The summed E-state index contributed by atoms with van der Waals surface area (Å²) >= 11 is 0. The fraction of sp³-hybridized carbons (Fsp3) is 0.417. The minimum Gasteiger partial charge on any atom is -0.338 e. The van der Waals surface area contributed by atoms with Crippen LogP contribution >= 0.6 is 0 Å². The van der Waals surface area contributed by atoms with Crippen molar-refractivity contribution in [1.82, 2.24) is 60.8 Å². The van der Waals surface area contributed by atoms with Gasteiger partial charge in [-0.1, -0.05) is 43.3 Å². The van der Waals surface area contributed by atoms with E-state index in [1.165, 1.54) is 24.3 Å². The number of benzene rings is 4. The summed E-state index contributed by atoms with van der Waals surface area (Å²) in [7, 11) is 3.57. The van der Waals surface area contributed by atoms with Gasteiger partial charge in [-0.3, -0.25) is 0 Å². The largest absolute Gasteiger partial charge is 0.338 e. The van der Waals surface area contributed by atoms with Crippen LogP contribution in [0.1, 0.15) is 55.0 Å². The zero-order valence-corrected chi connectivity index (χ0v) is 38.0. The number of aromatic nitrogens is 8. The Balaban J connectivity index is 0.000000351. The lowest BCUT2D eigenvalue weighted by molar-refractivity contribution is 0.174. The van der Waals surface area contributed by atoms with Crippen LogP contribution in [0.2, 0.25) is 0 Å². The van der Waals surface area contributed by atoms with Crippen LogP contribution in [0.4, 0.5) is 29.7 Å². The molecule has 2 aliphatic rings. The molecule has 2 aliphatic heterocycles. The van der Waals surface area contributed by atoms with E-state index in [4.69, 9.17) is 0 Å². The molecule has 4 heterocycles. The Morgan fingerprint density at radius 3 is 1.64 bits per heavy atom. The molecular weight excluding hydrogens is 843 g/mol. The van der Waals surface area contributed by atoms with E-state index in [0.29, 0.717) is 42.3 Å². The first kappa shape index (κ1) is 47.3. The van der Waals surface area contributed by atoms with Crippen LogP contribution < -0.4 is 21.3 Å². The van der Waals surface area contributed by atoms with Crippen molar-refractivity contribution in [2.75, 3.05) is 63.0 Å². The molecule has 0 aliphatic carbocycles. The first-order chi connectivity index (χ1) is 32.1. The number of amides is 4. The van der Waals surface area contributed by atoms with Crippen LogP contribution in [0.15, 0.2) is 91.0 Å². The number of tetrazole rings is 2. The molecule has 6 aromatic rings. The summed E-state index contributed by atoms with van der Waals surface area (Å²) in [5, 5.41) is 35.1. The number of carbonyl (C=O) groups is 2. The minimum absolute atomic E-state index is 0. The number of piperidine rings is 2. The molecule has 0 unspecified atom stereocenters. The number of aryl methyl sites for hydroxylation is 3. The maximum absolute atomic E-state index is 13.1. The molecule has 2 fully saturated rings. The number of halogens is 2. The van der Waals surface area contributed by atoms with E-state index in [0.717, 1.165) is 118 Å². The van der Waals surface area contributed by atoms with Crippen molar-refractivity contribution < 1.29 is 24.1 Å². The van der Waals surface area contributed by atoms with E-state index < -0.39 is 0 Å². The number of urea groups is 2. The average Bonchev–Trinajstić information content (AvgIpc) is 3.97. The molecule has 2 aromatic heterocycles. The van der Waals surface area contributed by atoms with Gasteiger partial charge in [0.2, 0.25) is 0 Å². The predicted octanol–water partition coefficient (Wildman–Crippen LogP) is 7.73. The van der Waals surface area contributed by atoms with Gasteiger partial charge >= 0.3 is 12.1 Å². The van der Waals surface area contributed by atoms with Crippen molar-refractivity contribution in [1.29, 1.82) is 0 Å². The maximum atomic E-state index is 13.1. The fourth-order valence-corrected chi connectivity index (χ4v) is 8.52. The van der Waals surface area contributed by atoms with Crippen molar-refractivity contribution in [3.05, 3.63) is 119 Å². The van der Waals surface area contributed by atoms with Crippen molar-refractivity contribution in [3.63, 3.8) is 0 Å². The third-order valence-electron chi connectivity index (χ3n) is 12.1. The zero-order chi connectivity index (χ0) is 46.3. The molecule has 66 heavy (non-hydrogen) atoms. The lowest BCUT2D eigenvalue weighted by Crippen LogP contribution is -2.42. The number of nitrogens with one attached hydrogen (secondary N) is 4.